The average molecular weight is 286 g/mol. The van der Waals surface area contributed by atoms with Crippen molar-refractivity contribution >= 4 is 21.5 Å². The number of aromatic hydroxyl groups is 3. The Morgan fingerprint density at radius 2 is 1.48 bits per heavy atom. The number of rotatable bonds is 2. The fraction of sp³-hybridized carbons (Fsp3) is 0.125. The molecule has 0 aliphatic heterocycles. The maximum atomic E-state index is 10.5. The summed E-state index contributed by atoms with van der Waals surface area (Å²) < 4.78 is 10.4. The molecule has 0 amide bonds. The van der Waals surface area contributed by atoms with Crippen LogP contribution in [0, 0.1) is 0 Å². The Kier molecular flexibility index (Phi) is 2.90. The molecule has 0 radical (unpaired) electrons. The molecule has 3 aromatic rings. The van der Waals surface area contributed by atoms with Crippen molar-refractivity contribution in [1.82, 2.24) is 0 Å². The van der Waals surface area contributed by atoms with Gasteiger partial charge < -0.3 is 24.8 Å². The van der Waals surface area contributed by atoms with Gasteiger partial charge in [0.2, 0.25) is 5.75 Å². The number of hydrogen-bond acceptors (Lipinski definition) is 5. The average Bonchev–Trinajstić information content (AvgIpc) is 2.47. The van der Waals surface area contributed by atoms with E-state index in [1.807, 2.05) is 0 Å². The molecule has 3 rings (SSSR count). The van der Waals surface area contributed by atoms with Crippen LogP contribution in [0.5, 0.6) is 28.7 Å². The van der Waals surface area contributed by atoms with Crippen molar-refractivity contribution in [2.75, 3.05) is 14.2 Å². The Balaban J connectivity index is 2.52. The first-order valence-corrected chi connectivity index (χ1v) is 6.29. The Labute approximate surface area is 120 Å². The molecule has 108 valence electrons. The summed E-state index contributed by atoms with van der Waals surface area (Å²) in [5.74, 6) is 0.128. The van der Waals surface area contributed by atoms with Crippen molar-refractivity contribution in [2.24, 2.45) is 0 Å². The van der Waals surface area contributed by atoms with Crippen molar-refractivity contribution in [3.63, 3.8) is 0 Å². The molecule has 0 atom stereocenters. The Hall–Kier alpha value is -2.82. The third kappa shape index (κ3) is 1.86. The molecule has 3 N–H and O–H groups in total. The van der Waals surface area contributed by atoms with E-state index < -0.39 is 0 Å². The van der Waals surface area contributed by atoms with E-state index in [9.17, 15) is 15.3 Å². The van der Waals surface area contributed by atoms with Gasteiger partial charge in [-0.15, -0.1) is 0 Å². The second-order valence-corrected chi connectivity index (χ2v) is 4.69. The van der Waals surface area contributed by atoms with E-state index in [4.69, 9.17) is 9.47 Å². The summed E-state index contributed by atoms with van der Waals surface area (Å²) in [7, 11) is 2.94. The van der Waals surface area contributed by atoms with Crippen LogP contribution in [0.1, 0.15) is 0 Å². The van der Waals surface area contributed by atoms with Gasteiger partial charge in [-0.05, 0) is 34.4 Å². The second kappa shape index (κ2) is 4.63. The summed E-state index contributed by atoms with van der Waals surface area (Å²) in [5.41, 5.74) is 0. The molecule has 21 heavy (non-hydrogen) atoms. The smallest absolute Gasteiger partial charge is 0.203 e. The van der Waals surface area contributed by atoms with Crippen molar-refractivity contribution in [2.45, 2.75) is 0 Å². The van der Waals surface area contributed by atoms with Crippen LogP contribution in [0.3, 0.4) is 0 Å². The zero-order chi connectivity index (χ0) is 15.1. The summed E-state index contributed by atoms with van der Waals surface area (Å²) in [5, 5.41) is 32.3. The molecule has 5 nitrogen and oxygen atoms in total. The predicted octanol–water partition coefficient (Wildman–Crippen LogP) is 3.13. The van der Waals surface area contributed by atoms with Gasteiger partial charge in [0.25, 0.3) is 0 Å². The molecular weight excluding hydrogens is 272 g/mol. The zero-order valence-electron chi connectivity index (χ0n) is 11.5. The quantitative estimate of drug-likeness (QED) is 0.498. The van der Waals surface area contributed by atoms with Gasteiger partial charge in [0.1, 0.15) is 0 Å². The summed E-state index contributed by atoms with van der Waals surface area (Å²) in [6.45, 7) is 0. The lowest BCUT2D eigenvalue weighted by Gasteiger charge is -2.14. The fourth-order valence-electron chi connectivity index (χ4n) is 2.54. The lowest BCUT2D eigenvalue weighted by molar-refractivity contribution is 0.335. The topological polar surface area (TPSA) is 79.2 Å². The SMILES string of the molecule is COc1cc2ccc3cc(O)c(O)cc3c2c(O)c1OC. The van der Waals surface area contributed by atoms with Crippen molar-refractivity contribution in [1.29, 1.82) is 0 Å². The highest BCUT2D eigenvalue weighted by molar-refractivity contribution is 6.12. The molecule has 0 saturated heterocycles. The molecule has 0 spiro atoms. The molecule has 3 aromatic carbocycles. The highest BCUT2D eigenvalue weighted by Crippen LogP contribution is 2.46. The van der Waals surface area contributed by atoms with Gasteiger partial charge in [0.15, 0.2) is 23.0 Å². The highest BCUT2D eigenvalue weighted by atomic mass is 16.5. The maximum Gasteiger partial charge on any atom is 0.203 e. The van der Waals surface area contributed by atoms with E-state index in [-0.39, 0.29) is 23.0 Å². The second-order valence-electron chi connectivity index (χ2n) is 4.69. The summed E-state index contributed by atoms with van der Waals surface area (Å²) in [6.07, 6.45) is 0. The van der Waals surface area contributed by atoms with Crippen LogP contribution in [0.15, 0.2) is 30.3 Å². The number of phenolic OH excluding ortho intramolecular Hbond substituents is 3. The lowest BCUT2D eigenvalue weighted by Crippen LogP contribution is -1.92. The molecule has 0 heterocycles. The standard InChI is InChI=1S/C16H14O5/c1-20-13-6-9-4-3-8-5-11(17)12(18)7-10(8)14(9)15(19)16(13)21-2/h3-7,17-19H,1-2H3. The minimum atomic E-state index is -0.246. The predicted molar refractivity (Wildman–Crippen MR) is 79.6 cm³/mol. The minimum absolute atomic E-state index is 0.0671. The van der Waals surface area contributed by atoms with Crippen LogP contribution in [0.2, 0.25) is 0 Å². The maximum absolute atomic E-state index is 10.5. The molecule has 5 heteroatoms. The molecule has 0 fully saturated rings. The van der Waals surface area contributed by atoms with Gasteiger partial charge in [-0.3, -0.25) is 0 Å². The molecular formula is C16H14O5. The zero-order valence-corrected chi connectivity index (χ0v) is 11.5. The normalized spacial score (nSPS) is 11.0. The van der Waals surface area contributed by atoms with E-state index in [0.717, 1.165) is 5.39 Å². The van der Waals surface area contributed by atoms with Gasteiger partial charge in [-0.1, -0.05) is 12.1 Å². The third-order valence-corrected chi connectivity index (χ3v) is 3.53. The van der Waals surface area contributed by atoms with Gasteiger partial charge in [-0.25, -0.2) is 0 Å². The van der Waals surface area contributed by atoms with E-state index in [0.29, 0.717) is 21.9 Å². The fourth-order valence-corrected chi connectivity index (χ4v) is 2.54. The van der Waals surface area contributed by atoms with E-state index in [2.05, 4.69) is 0 Å². The summed E-state index contributed by atoms with van der Waals surface area (Å²) in [6, 6.07) is 8.20. The van der Waals surface area contributed by atoms with Gasteiger partial charge in [-0.2, -0.15) is 0 Å². The Morgan fingerprint density at radius 3 is 2.14 bits per heavy atom. The van der Waals surface area contributed by atoms with E-state index in [1.165, 1.54) is 26.4 Å². The summed E-state index contributed by atoms with van der Waals surface area (Å²) >= 11 is 0. The Bertz CT molecular complexity index is 855. The Morgan fingerprint density at radius 1 is 0.810 bits per heavy atom. The van der Waals surface area contributed by atoms with Crippen molar-refractivity contribution in [3.8, 4) is 28.7 Å². The van der Waals surface area contributed by atoms with E-state index >= 15 is 0 Å². The number of methoxy groups -OCH3 is 2. The van der Waals surface area contributed by atoms with Crippen LogP contribution >= 0.6 is 0 Å². The van der Waals surface area contributed by atoms with Crippen molar-refractivity contribution in [3.05, 3.63) is 30.3 Å². The van der Waals surface area contributed by atoms with Crippen LogP contribution in [0.25, 0.3) is 21.5 Å². The molecule has 0 aromatic heterocycles. The molecule has 0 bridgehead atoms. The first-order chi connectivity index (χ1) is 10.1. The number of phenols is 3. The van der Waals surface area contributed by atoms with Crippen LogP contribution < -0.4 is 9.47 Å². The number of ether oxygens (including phenoxy) is 2. The summed E-state index contributed by atoms with van der Waals surface area (Å²) in [4.78, 5) is 0. The van der Waals surface area contributed by atoms with Gasteiger partial charge in [0, 0.05) is 5.39 Å². The minimum Gasteiger partial charge on any atom is -0.504 e. The first-order valence-electron chi connectivity index (χ1n) is 6.29. The lowest BCUT2D eigenvalue weighted by atomic mass is 9.99. The molecule has 0 aliphatic rings. The highest BCUT2D eigenvalue weighted by Gasteiger charge is 2.17. The molecule has 0 aliphatic carbocycles. The van der Waals surface area contributed by atoms with E-state index in [1.54, 1.807) is 18.2 Å². The third-order valence-electron chi connectivity index (χ3n) is 3.53. The molecule has 0 unspecified atom stereocenters. The largest absolute Gasteiger partial charge is 0.504 e. The molecule has 0 saturated carbocycles. The van der Waals surface area contributed by atoms with Gasteiger partial charge in [0.05, 0.1) is 14.2 Å². The number of benzene rings is 3. The van der Waals surface area contributed by atoms with Crippen molar-refractivity contribution < 1.29 is 24.8 Å². The van der Waals surface area contributed by atoms with Crippen LogP contribution in [-0.4, -0.2) is 29.5 Å². The monoisotopic (exact) mass is 286 g/mol. The first kappa shape index (κ1) is 13.2. The van der Waals surface area contributed by atoms with Gasteiger partial charge >= 0.3 is 0 Å². The number of hydrogen-bond donors (Lipinski definition) is 3. The van der Waals surface area contributed by atoms with Crippen LogP contribution in [0.4, 0.5) is 0 Å². The van der Waals surface area contributed by atoms with Crippen LogP contribution in [-0.2, 0) is 0 Å². The number of fused-ring (bicyclic) bond motifs is 3.